The predicted molar refractivity (Wildman–Crippen MR) is 294 cm³/mol. The van der Waals surface area contributed by atoms with Crippen molar-refractivity contribution in [2.75, 3.05) is 77.7 Å². The fraction of sp³-hybridized carbons (Fsp3) is 0.456. The van der Waals surface area contributed by atoms with Crippen LogP contribution in [-0.2, 0) is 36.9 Å². The smallest absolute Gasteiger partial charge is 0.227 e. The molecule has 17 heteroatoms. The van der Waals surface area contributed by atoms with Gasteiger partial charge in [-0.15, -0.1) is 0 Å². The van der Waals surface area contributed by atoms with Crippen LogP contribution in [0.4, 0.5) is 29.4 Å². The normalized spacial score (nSPS) is 17.0. The van der Waals surface area contributed by atoms with E-state index in [4.69, 9.17) is 28.1 Å². The highest BCUT2D eigenvalue weighted by molar-refractivity contribution is 6.30. The van der Waals surface area contributed by atoms with Crippen LogP contribution in [0.1, 0.15) is 90.3 Å². The number of rotatable bonds is 13. The average Bonchev–Trinajstić information content (AvgIpc) is 3.42. The first-order chi connectivity index (χ1) is 35.9. The molecule has 7 N–H and O–H groups in total. The lowest BCUT2D eigenvalue weighted by molar-refractivity contribution is -0.122. The summed E-state index contributed by atoms with van der Waals surface area (Å²) in [5, 5.41) is 30.1. The summed E-state index contributed by atoms with van der Waals surface area (Å²) in [6.07, 6.45) is 17.4. The molecule has 0 unspecified atom stereocenters. The number of aryl methyl sites for hydroxylation is 5. The lowest BCUT2D eigenvalue weighted by Crippen LogP contribution is -2.39. The van der Waals surface area contributed by atoms with Crippen LogP contribution in [0.15, 0.2) is 104 Å². The summed E-state index contributed by atoms with van der Waals surface area (Å²) in [7, 11) is 0. The number of hydrogen-bond acceptors (Lipinski definition) is 15. The third-order valence-electron chi connectivity index (χ3n) is 14.6. The van der Waals surface area contributed by atoms with E-state index in [1.54, 1.807) is 12.5 Å². The standard InChI is InChI=1S/C22H30N4O2.C18H22ClN5O.C17H21N3O/c1-16-2-4-17(5-3-16)14-18-15-23-22(26-12-8-20(28)9-13-26)24-21(18)25-10-6-19(27)7-11-25;19-15-5-2-12(3-6-15)1-4-14-11-22-18(21)23-17(14)24-9-7-13(8-10-24)16(20)25;21-16-8-10-20(11-9-16)17-15(12-18-13-19-17)7-6-14-4-2-1-3-5-14/h2-5,15,19-20,27-28H,6-14H2,1H3;2-3,5-6,11,13H,1,4,7-10H2,(H2,20,25)(H2,21,22,23);1-5,12-13,16,21H,6-11H2. The molecule has 6 aromatic rings. The van der Waals surface area contributed by atoms with Gasteiger partial charge in [0.25, 0.3) is 0 Å². The first kappa shape index (κ1) is 53.8. The van der Waals surface area contributed by atoms with Gasteiger partial charge in [0.05, 0.1) is 18.3 Å². The van der Waals surface area contributed by atoms with Gasteiger partial charge in [0.15, 0.2) is 0 Å². The number of piperidine rings is 4. The number of benzene rings is 3. The fourth-order valence-electron chi connectivity index (χ4n) is 9.99. The Morgan fingerprint density at radius 1 is 0.554 bits per heavy atom. The molecule has 74 heavy (non-hydrogen) atoms. The second-order valence-corrected chi connectivity index (χ2v) is 20.5. The zero-order valence-corrected chi connectivity index (χ0v) is 43.5. The quantitative estimate of drug-likeness (QED) is 0.0811. The van der Waals surface area contributed by atoms with Gasteiger partial charge in [0.2, 0.25) is 17.8 Å². The van der Waals surface area contributed by atoms with E-state index in [0.29, 0.717) is 0 Å². The third kappa shape index (κ3) is 15.5. The fourth-order valence-corrected chi connectivity index (χ4v) is 10.1. The number of aromatic nitrogens is 6. The first-order valence-corrected chi connectivity index (χ1v) is 26.7. The van der Waals surface area contributed by atoms with Crippen molar-refractivity contribution < 1.29 is 20.1 Å². The van der Waals surface area contributed by atoms with E-state index in [0.717, 1.165) is 175 Å². The van der Waals surface area contributed by atoms with Crippen LogP contribution in [-0.4, -0.2) is 122 Å². The zero-order valence-electron chi connectivity index (χ0n) is 42.7. The van der Waals surface area contributed by atoms with Crippen molar-refractivity contribution in [2.24, 2.45) is 11.7 Å². The average molecular weight is 1030 g/mol. The monoisotopic (exact) mass is 1020 g/mol. The molecule has 7 heterocycles. The topological polar surface area (TPSA) is 220 Å². The van der Waals surface area contributed by atoms with E-state index in [2.05, 4.69) is 100.0 Å². The van der Waals surface area contributed by atoms with Crippen molar-refractivity contribution in [1.29, 1.82) is 0 Å². The predicted octanol–water partition coefficient (Wildman–Crippen LogP) is 6.72. The zero-order chi connectivity index (χ0) is 51.8. The second-order valence-electron chi connectivity index (χ2n) is 20.1. The van der Waals surface area contributed by atoms with Crippen LogP contribution in [0.5, 0.6) is 0 Å². The largest absolute Gasteiger partial charge is 0.393 e. The molecule has 0 aliphatic carbocycles. The molecule has 3 aromatic carbocycles. The number of nitrogens with zero attached hydrogens (tertiary/aromatic N) is 10. The minimum absolute atomic E-state index is 0.0482. The van der Waals surface area contributed by atoms with Gasteiger partial charge in [0.1, 0.15) is 23.8 Å². The SMILES string of the molecule is Cc1ccc(Cc2cnc(N3CCC(O)CC3)nc2N2CCC(O)CC2)cc1.NC(=O)C1CCN(c2nc(N)ncc2CCc2ccc(Cl)cc2)CC1.OC1CCN(c2ncncc2CCc2ccccc2)CC1. The van der Waals surface area contributed by atoms with E-state index < -0.39 is 0 Å². The van der Waals surface area contributed by atoms with Gasteiger partial charge in [0, 0.05) is 105 Å². The van der Waals surface area contributed by atoms with Crippen LogP contribution in [0.25, 0.3) is 0 Å². The molecule has 16 nitrogen and oxygen atoms in total. The summed E-state index contributed by atoms with van der Waals surface area (Å²) in [6, 6.07) is 26.9. The van der Waals surface area contributed by atoms with Crippen LogP contribution in [0, 0.1) is 12.8 Å². The van der Waals surface area contributed by atoms with Crippen molar-refractivity contribution >= 4 is 46.9 Å². The van der Waals surface area contributed by atoms with Crippen molar-refractivity contribution in [3.63, 3.8) is 0 Å². The summed E-state index contributed by atoms with van der Waals surface area (Å²) in [5.41, 5.74) is 19.6. The Morgan fingerprint density at radius 3 is 1.62 bits per heavy atom. The Balaban J connectivity index is 0.000000149. The van der Waals surface area contributed by atoms with E-state index in [9.17, 15) is 20.1 Å². The maximum absolute atomic E-state index is 11.4. The molecule has 0 spiro atoms. The number of carbonyl (C=O) groups excluding carboxylic acids is 1. The van der Waals surface area contributed by atoms with E-state index in [1.165, 1.54) is 27.8 Å². The van der Waals surface area contributed by atoms with Gasteiger partial charge < -0.3 is 46.4 Å². The number of nitrogen functional groups attached to an aromatic ring is 1. The van der Waals surface area contributed by atoms with Gasteiger partial charge in [-0.1, -0.05) is 83.9 Å². The maximum Gasteiger partial charge on any atom is 0.227 e. The summed E-state index contributed by atoms with van der Waals surface area (Å²) in [6.45, 7) is 8.55. The molecule has 0 bridgehead atoms. The molecule has 392 valence electrons. The van der Waals surface area contributed by atoms with E-state index in [-0.39, 0.29) is 36.1 Å². The number of primary amides is 1. The summed E-state index contributed by atoms with van der Waals surface area (Å²) >= 11 is 5.93. The summed E-state index contributed by atoms with van der Waals surface area (Å²) in [4.78, 5) is 47.1. The van der Waals surface area contributed by atoms with Crippen molar-refractivity contribution in [3.05, 3.63) is 148 Å². The second kappa shape index (κ2) is 26.7. The number of hydrogen-bond donors (Lipinski definition) is 5. The minimum Gasteiger partial charge on any atom is -0.393 e. The number of carbonyl (C=O) groups is 1. The number of amides is 1. The Bertz CT molecular complexity index is 2670. The Labute approximate surface area is 440 Å². The molecule has 4 aliphatic rings. The molecule has 0 radical (unpaired) electrons. The van der Waals surface area contributed by atoms with E-state index in [1.807, 2.05) is 42.7 Å². The highest BCUT2D eigenvalue weighted by atomic mass is 35.5. The molecule has 4 saturated heterocycles. The minimum atomic E-state index is -0.218. The molecule has 0 saturated carbocycles. The molecule has 3 aromatic heterocycles. The lowest BCUT2D eigenvalue weighted by atomic mass is 9.96. The molecule has 1 amide bonds. The number of nitrogens with two attached hydrogens (primary N) is 2. The van der Waals surface area contributed by atoms with Crippen LogP contribution in [0.3, 0.4) is 0 Å². The molecule has 4 fully saturated rings. The van der Waals surface area contributed by atoms with Crippen molar-refractivity contribution in [3.8, 4) is 0 Å². The third-order valence-corrected chi connectivity index (χ3v) is 14.8. The van der Waals surface area contributed by atoms with Gasteiger partial charge in [-0.05, 0) is 113 Å². The molecule has 0 atom stereocenters. The summed E-state index contributed by atoms with van der Waals surface area (Å²) < 4.78 is 0. The van der Waals surface area contributed by atoms with Crippen LogP contribution < -0.4 is 31.1 Å². The number of aliphatic hydroxyl groups is 3. The molecular weight excluding hydrogens is 952 g/mol. The number of anilines is 5. The van der Waals surface area contributed by atoms with Gasteiger partial charge in [-0.25, -0.2) is 19.9 Å². The maximum atomic E-state index is 11.4. The van der Waals surface area contributed by atoms with Crippen LogP contribution >= 0.6 is 11.6 Å². The summed E-state index contributed by atoms with van der Waals surface area (Å²) in [5.74, 6) is 3.64. The van der Waals surface area contributed by atoms with E-state index >= 15 is 0 Å². The van der Waals surface area contributed by atoms with Gasteiger partial charge >= 0.3 is 0 Å². The Kier molecular flexibility index (Phi) is 19.4. The van der Waals surface area contributed by atoms with Crippen LogP contribution in [0.2, 0.25) is 5.02 Å². The number of aliphatic hydroxyl groups excluding tert-OH is 3. The molecule has 10 rings (SSSR count). The lowest BCUT2D eigenvalue weighted by Gasteiger charge is -2.34. The Hall–Kier alpha value is -6.46. The highest BCUT2D eigenvalue weighted by Gasteiger charge is 2.27. The number of halogens is 1. The Morgan fingerprint density at radius 2 is 1.04 bits per heavy atom. The van der Waals surface area contributed by atoms with Gasteiger partial charge in [-0.2, -0.15) is 9.97 Å². The van der Waals surface area contributed by atoms with Gasteiger partial charge in [-0.3, -0.25) is 4.79 Å². The first-order valence-electron chi connectivity index (χ1n) is 26.4. The molecular formula is C57H73ClN12O4. The molecule has 4 aliphatic heterocycles. The highest BCUT2D eigenvalue weighted by Crippen LogP contribution is 2.29. The van der Waals surface area contributed by atoms with Crippen molar-refractivity contribution in [1.82, 2.24) is 29.9 Å². The van der Waals surface area contributed by atoms with Crippen molar-refractivity contribution in [2.45, 2.75) is 109 Å².